The molecule has 0 bridgehead atoms. The summed E-state index contributed by atoms with van der Waals surface area (Å²) in [6.07, 6.45) is 4.80. The summed E-state index contributed by atoms with van der Waals surface area (Å²) in [6.45, 7) is 2.84. The van der Waals surface area contributed by atoms with Crippen molar-refractivity contribution in [2.75, 3.05) is 6.61 Å². The zero-order chi connectivity index (χ0) is 18.5. The number of esters is 1. The van der Waals surface area contributed by atoms with Gasteiger partial charge in [0.05, 0.1) is 40.7 Å². The first-order chi connectivity index (χ1) is 12.6. The fourth-order valence-corrected chi connectivity index (χ4v) is 3.11. The number of carbonyl (C=O) groups is 1. The SMILES string of the molecule is CCCCOC(=O)c1cnc2c(cnn2CC(Cl)c2ccccc2)c1Cl. The molecule has 3 rings (SSSR count). The highest BCUT2D eigenvalue weighted by Crippen LogP contribution is 2.28. The molecule has 5 nitrogen and oxygen atoms in total. The van der Waals surface area contributed by atoms with Crippen molar-refractivity contribution in [3.8, 4) is 0 Å². The molecule has 0 amide bonds. The summed E-state index contributed by atoms with van der Waals surface area (Å²) in [5.74, 6) is -0.467. The summed E-state index contributed by atoms with van der Waals surface area (Å²) in [6, 6.07) is 9.76. The molecule has 1 aromatic carbocycles. The van der Waals surface area contributed by atoms with Crippen LogP contribution in [0.2, 0.25) is 5.02 Å². The maximum atomic E-state index is 12.2. The molecule has 0 aliphatic carbocycles. The number of carbonyl (C=O) groups excluding carboxylic acids is 1. The number of halogens is 2. The van der Waals surface area contributed by atoms with Gasteiger partial charge >= 0.3 is 5.97 Å². The van der Waals surface area contributed by atoms with E-state index < -0.39 is 5.97 Å². The van der Waals surface area contributed by atoms with Crippen LogP contribution in [0, 0.1) is 0 Å². The number of alkyl halides is 1. The van der Waals surface area contributed by atoms with Crippen LogP contribution in [-0.2, 0) is 11.3 Å². The molecule has 3 aromatic rings. The van der Waals surface area contributed by atoms with Crippen molar-refractivity contribution in [2.24, 2.45) is 0 Å². The lowest BCUT2D eigenvalue weighted by molar-refractivity contribution is 0.0499. The fourth-order valence-electron chi connectivity index (χ4n) is 2.58. The molecule has 0 fully saturated rings. The number of aromatic nitrogens is 3. The first kappa shape index (κ1) is 18.7. The molecule has 26 heavy (non-hydrogen) atoms. The summed E-state index contributed by atoms with van der Waals surface area (Å²) in [4.78, 5) is 16.5. The Bertz CT molecular complexity index is 896. The molecule has 1 unspecified atom stereocenters. The van der Waals surface area contributed by atoms with Gasteiger partial charge < -0.3 is 4.74 Å². The van der Waals surface area contributed by atoms with Gasteiger partial charge in [0, 0.05) is 6.20 Å². The van der Waals surface area contributed by atoms with E-state index in [1.807, 2.05) is 37.3 Å². The molecule has 2 heterocycles. The normalized spacial score (nSPS) is 12.3. The Morgan fingerprint density at radius 1 is 1.27 bits per heavy atom. The van der Waals surface area contributed by atoms with Gasteiger partial charge in [0.2, 0.25) is 0 Å². The smallest absolute Gasteiger partial charge is 0.341 e. The van der Waals surface area contributed by atoms with Crippen molar-refractivity contribution >= 4 is 40.2 Å². The number of rotatable bonds is 7. The number of hydrogen-bond acceptors (Lipinski definition) is 4. The summed E-state index contributed by atoms with van der Waals surface area (Å²) >= 11 is 12.9. The zero-order valence-corrected chi connectivity index (χ0v) is 15.9. The van der Waals surface area contributed by atoms with Gasteiger partial charge in [-0.15, -0.1) is 11.6 Å². The van der Waals surface area contributed by atoms with Crippen LogP contribution in [0.15, 0.2) is 42.7 Å². The average Bonchev–Trinajstić information content (AvgIpc) is 3.06. The maximum absolute atomic E-state index is 12.2. The molecule has 0 saturated carbocycles. The number of unbranched alkanes of at least 4 members (excludes halogenated alkanes) is 1. The quantitative estimate of drug-likeness (QED) is 0.322. The van der Waals surface area contributed by atoms with Crippen LogP contribution in [0.1, 0.15) is 41.1 Å². The van der Waals surface area contributed by atoms with Gasteiger partial charge in [0.1, 0.15) is 0 Å². The van der Waals surface area contributed by atoms with E-state index >= 15 is 0 Å². The Morgan fingerprint density at radius 3 is 2.77 bits per heavy atom. The Hall–Kier alpha value is -2.11. The lowest BCUT2D eigenvalue weighted by Crippen LogP contribution is -2.09. The minimum atomic E-state index is -0.467. The maximum Gasteiger partial charge on any atom is 0.341 e. The van der Waals surface area contributed by atoms with Gasteiger partial charge in [-0.25, -0.2) is 14.5 Å². The second kappa shape index (κ2) is 8.52. The number of ether oxygens (including phenoxy) is 1. The van der Waals surface area contributed by atoms with E-state index in [2.05, 4.69) is 10.1 Å². The van der Waals surface area contributed by atoms with Crippen molar-refractivity contribution in [3.05, 3.63) is 58.9 Å². The summed E-state index contributed by atoms with van der Waals surface area (Å²) in [7, 11) is 0. The molecule has 2 aromatic heterocycles. The molecule has 1 atom stereocenters. The van der Waals surface area contributed by atoms with Crippen LogP contribution >= 0.6 is 23.2 Å². The van der Waals surface area contributed by atoms with Gasteiger partial charge in [0.15, 0.2) is 5.65 Å². The molecule has 0 N–H and O–H groups in total. The molecular formula is C19H19Cl2N3O2. The van der Waals surface area contributed by atoms with Crippen molar-refractivity contribution in [1.29, 1.82) is 0 Å². The molecule has 0 aliphatic rings. The lowest BCUT2D eigenvalue weighted by Gasteiger charge is -2.11. The van der Waals surface area contributed by atoms with Crippen LogP contribution in [0.4, 0.5) is 0 Å². The van der Waals surface area contributed by atoms with Crippen molar-refractivity contribution in [3.63, 3.8) is 0 Å². The number of nitrogens with zero attached hydrogens (tertiary/aromatic N) is 3. The Morgan fingerprint density at radius 2 is 2.04 bits per heavy atom. The van der Waals surface area contributed by atoms with Crippen LogP contribution in [0.25, 0.3) is 11.0 Å². The number of benzene rings is 1. The van der Waals surface area contributed by atoms with Crippen LogP contribution < -0.4 is 0 Å². The van der Waals surface area contributed by atoms with Crippen molar-refractivity contribution < 1.29 is 9.53 Å². The van der Waals surface area contributed by atoms with E-state index in [4.69, 9.17) is 27.9 Å². The monoisotopic (exact) mass is 391 g/mol. The third-order valence-corrected chi connectivity index (χ3v) is 4.84. The van der Waals surface area contributed by atoms with Crippen LogP contribution in [0.3, 0.4) is 0 Å². The highest BCUT2D eigenvalue weighted by atomic mass is 35.5. The van der Waals surface area contributed by atoms with Crippen LogP contribution in [-0.4, -0.2) is 27.3 Å². The van der Waals surface area contributed by atoms with Gasteiger partial charge in [-0.3, -0.25) is 0 Å². The predicted octanol–water partition coefficient (Wildman–Crippen LogP) is 5.02. The highest BCUT2D eigenvalue weighted by Gasteiger charge is 2.19. The van der Waals surface area contributed by atoms with E-state index in [1.165, 1.54) is 6.20 Å². The molecular weight excluding hydrogens is 373 g/mol. The molecule has 0 radical (unpaired) electrons. The number of fused-ring (bicyclic) bond motifs is 1. The van der Waals surface area contributed by atoms with E-state index in [1.54, 1.807) is 10.9 Å². The first-order valence-corrected chi connectivity index (χ1v) is 9.29. The second-order valence-corrected chi connectivity index (χ2v) is 6.82. The van der Waals surface area contributed by atoms with Crippen LogP contribution in [0.5, 0.6) is 0 Å². The predicted molar refractivity (Wildman–Crippen MR) is 103 cm³/mol. The van der Waals surface area contributed by atoms with Gasteiger partial charge in [-0.2, -0.15) is 5.10 Å². The average molecular weight is 392 g/mol. The first-order valence-electron chi connectivity index (χ1n) is 8.48. The highest BCUT2D eigenvalue weighted by molar-refractivity contribution is 6.38. The molecule has 0 spiro atoms. The number of pyridine rings is 1. The minimum absolute atomic E-state index is 0.250. The lowest BCUT2D eigenvalue weighted by atomic mass is 10.1. The van der Waals surface area contributed by atoms with Gasteiger partial charge in [0.25, 0.3) is 0 Å². The van der Waals surface area contributed by atoms with E-state index in [9.17, 15) is 4.79 Å². The Balaban J connectivity index is 1.82. The summed E-state index contributed by atoms with van der Waals surface area (Å²) < 4.78 is 6.91. The Kier molecular flexibility index (Phi) is 6.12. The topological polar surface area (TPSA) is 57.0 Å². The molecule has 7 heteroatoms. The minimum Gasteiger partial charge on any atom is -0.462 e. The molecule has 136 valence electrons. The second-order valence-electron chi connectivity index (χ2n) is 5.92. The fraction of sp³-hybridized carbons (Fsp3) is 0.316. The van der Waals surface area contributed by atoms with Crippen molar-refractivity contribution in [2.45, 2.75) is 31.7 Å². The van der Waals surface area contributed by atoms with Gasteiger partial charge in [-0.1, -0.05) is 55.3 Å². The Labute approximate surface area is 161 Å². The third kappa shape index (κ3) is 4.00. The summed E-state index contributed by atoms with van der Waals surface area (Å²) in [5.41, 5.74) is 1.84. The molecule has 0 aliphatic heterocycles. The zero-order valence-electron chi connectivity index (χ0n) is 14.4. The van der Waals surface area contributed by atoms with Gasteiger partial charge in [-0.05, 0) is 12.0 Å². The number of hydrogen-bond donors (Lipinski definition) is 0. The standard InChI is InChI=1S/C19H19Cl2N3O2/c1-2-3-9-26-19(25)15-10-22-18-14(17(15)21)11-23-24(18)12-16(20)13-7-5-4-6-8-13/h4-8,10-11,16H,2-3,9,12H2,1H3. The largest absolute Gasteiger partial charge is 0.462 e. The van der Waals surface area contributed by atoms with E-state index in [0.29, 0.717) is 29.2 Å². The van der Waals surface area contributed by atoms with Crippen molar-refractivity contribution in [1.82, 2.24) is 14.8 Å². The molecule has 0 saturated heterocycles. The van der Waals surface area contributed by atoms with E-state index in [0.717, 1.165) is 18.4 Å². The third-order valence-electron chi connectivity index (χ3n) is 4.05. The van der Waals surface area contributed by atoms with E-state index in [-0.39, 0.29) is 10.9 Å². The summed E-state index contributed by atoms with van der Waals surface area (Å²) in [5, 5.41) is 4.98.